The van der Waals surface area contributed by atoms with E-state index < -0.39 is 10.0 Å². The average Bonchev–Trinajstić information content (AvgIpc) is 2.87. The van der Waals surface area contributed by atoms with Crippen LogP contribution in [0.3, 0.4) is 0 Å². The van der Waals surface area contributed by atoms with Gasteiger partial charge >= 0.3 is 0 Å². The van der Waals surface area contributed by atoms with Gasteiger partial charge in [-0.05, 0) is 25.3 Å². The Morgan fingerprint density at radius 1 is 1.43 bits per heavy atom. The second-order valence-corrected chi connectivity index (χ2v) is 7.48. The molecule has 0 aliphatic heterocycles. The number of sulfonamides is 1. The Morgan fingerprint density at radius 3 is 2.76 bits per heavy atom. The van der Waals surface area contributed by atoms with Gasteiger partial charge in [0.2, 0.25) is 10.0 Å². The molecule has 1 heterocycles. The third kappa shape index (κ3) is 4.05. The predicted octanol–water partition coefficient (Wildman–Crippen LogP) is 1.30. The van der Waals surface area contributed by atoms with Gasteiger partial charge in [0, 0.05) is 25.8 Å². The first-order valence-corrected chi connectivity index (χ1v) is 9.25. The fourth-order valence-electron chi connectivity index (χ4n) is 2.48. The largest absolute Gasteiger partial charge is 0.315 e. The summed E-state index contributed by atoms with van der Waals surface area (Å²) in [5, 5.41) is 7.35. The maximum Gasteiger partial charge on any atom is 0.246 e. The van der Waals surface area contributed by atoms with Gasteiger partial charge in [-0.1, -0.05) is 20.3 Å². The molecule has 1 aromatic heterocycles. The molecule has 0 bridgehead atoms. The molecule has 21 heavy (non-hydrogen) atoms. The first kappa shape index (κ1) is 16.5. The summed E-state index contributed by atoms with van der Waals surface area (Å²) in [6.07, 6.45) is 6.62. The highest BCUT2D eigenvalue weighted by atomic mass is 32.2. The molecule has 0 atom stereocenters. The van der Waals surface area contributed by atoms with Crippen molar-refractivity contribution >= 4 is 10.0 Å². The fourth-order valence-corrected chi connectivity index (χ4v) is 3.96. The van der Waals surface area contributed by atoms with Gasteiger partial charge in [0.15, 0.2) is 0 Å². The number of likely N-dealkylation sites (N-methyl/N-ethyl adjacent to an activating group) is 1. The summed E-state index contributed by atoms with van der Waals surface area (Å²) >= 11 is 0. The van der Waals surface area contributed by atoms with E-state index in [1.807, 2.05) is 13.8 Å². The molecule has 6 nitrogen and oxygen atoms in total. The SMILES string of the molecule is CCNCCn1cc(S(=O)(=O)N(CC)CC2CCC2)cn1. The van der Waals surface area contributed by atoms with Crippen molar-refractivity contribution in [3.05, 3.63) is 12.4 Å². The Hall–Kier alpha value is -0.920. The molecule has 0 amide bonds. The van der Waals surface area contributed by atoms with Crippen LogP contribution >= 0.6 is 0 Å². The highest BCUT2D eigenvalue weighted by molar-refractivity contribution is 7.89. The average molecular weight is 314 g/mol. The van der Waals surface area contributed by atoms with E-state index >= 15 is 0 Å². The van der Waals surface area contributed by atoms with Gasteiger partial charge in [0.1, 0.15) is 4.90 Å². The van der Waals surface area contributed by atoms with Crippen molar-refractivity contribution in [1.29, 1.82) is 0 Å². The van der Waals surface area contributed by atoms with E-state index in [4.69, 9.17) is 0 Å². The van der Waals surface area contributed by atoms with Gasteiger partial charge in [-0.15, -0.1) is 0 Å². The van der Waals surface area contributed by atoms with Crippen LogP contribution in [0, 0.1) is 5.92 Å². The van der Waals surface area contributed by atoms with E-state index in [2.05, 4.69) is 10.4 Å². The van der Waals surface area contributed by atoms with E-state index in [9.17, 15) is 8.42 Å². The topological polar surface area (TPSA) is 67.2 Å². The van der Waals surface area contributed by atoms with Crippen LogP contribution in [0.15, 0.2) is 17.3 Å². The van der Waals surface area contributed by atoms with Gasteiger partial charge in [-0.25, -0.2) is 8.42 Å². The lowest BCUT2D eigenvalue weighted by atomic mass is 9.85. The Labute approximate surface area is 127 Å². The Kier molecular flexibility index (Phi) is 5.78. The zero-order valence-corrected chi connectivity index (χ0v) is 13.8. The summed E-state index contributed by atoms with van der Waals surface area (Å²) in [5.74, 6) is 0.531. The molecule has 1 fully saturated rings. The van der Waals surface area contributed by atoms with Crippen molar-refractivity contribution < 1.29 is 8.42 Å². The third-order valence-corrected chi connectivity index (χ3v) is 5.95. The molecule has 0 saturated heterocycles. The fraction of sp³-hybridized carbons (Fsp3) is 0.786. The summed E-state index contributed by atoms with van der Waals surface area (Å²) in [5.41, 5.74) is 0. The summed E-state index contributed by atoms with van der Waals surface area (Å²) in [7, 11) is -3.40. The maximum absolute atomic E-state index is 12.6. The quantitative estimate of drug-likeness (QED) is 0.698. The summed E-state index contributed by atoms with van der Waals surface area (Å²) in [6.45, 7) is 7.46. The van der Waals surface area contributed by atoms with Gasteiger partial charge in [0.25, 0.3) is 0 Å². The number of aromatic nitrogens is 2. The lowest BCUT2D eigenvalue weighted by molar-refractivity contribution is 0.250. The molecule has 0 aromatic carbocycles. The minimum absolute atomic E-state index is 0.306. The lowest BCUT2D eigenvalue weighted by Crippen LogP contribution is -2.37. The summed E-state index contributed by atoms with van der Waals surface area (Å²) < 4.78 is 28.6. The Balaban J connectivity index is 2.02. The zero-order valence-electron chi connectivity index (χ0n) is 13.0. The minimum atomic E-state index is -3.40. The van der Waals surface area contributed by atoms with Crippen LogP contribution in [0.25, 0.3) is 0 Å². The van der Waals surface area contributed by atoms with E-state index in [1.165, 1.54) is 12.6 Å². The molecule has 1 aromatic rings. The van der Waals surface area contributed by atoms with Crippen molar-refractivity contribution in [2.24, 2.45) is 5.92 Å². The smallest absolute Gasteiger partial charge is 0.246 e. The van der Waals surface area contributed by atoms with E-state index in [1.54, 1.807) is 15.2 Å². The molecule has 2 rings (SSSR count). The third-order valence-electron chi connectivity index (χ3n) is 4.05. The second kappa shape index (κ2) is 7.38. The standard InChI is InChI=1S/C14H26N4O2S/c1-3-15-8-9-17-12-14(10-16-17)21(19,20)18(4-2)11-13-6-5-7-13/h10,12-13,15H,3-9,11H2,1-2H3. The van der Waals surface area contributed by atoms with Crippen LogP contribution in [-0.2, 0) is 16.6 Å². The van der Waals surface area contributed by atoms with Crippen LogP contribution in [0.4, 0.5) is 0 Å². The van der Waals surface area contributed by atoms with Crippen molar-refractivity contribution in [3.63, 3.8) is 0 Å². The maximum atomic E-state index is 12.6. The zero-order chi connectivity index (χ0) is 15.3. The second-order valence-electron chi connectivity index (χ2n) is 5.55. The van der Waals surface area contributed by atoms with Crippen molar-refractivity contribution in [1.82, 2.24) is 19.4 Å². The molecule has 1 N–H and O–H groups in total. The van der Waals surface area contributed by atoms with Crippen LogP contribution < -0.4 is 5.32 Å². The molecule has 0 radical (unpaired) electrons. The van der Waals surface area contributed by atoms with Crippen LogP contribution in [-0.4, -0.2) is 48.7 Å². The van der Waals surface area contributed by atoms with E-state index in [0.29, 0.717) is 30.4 Å². The number of hydrogen-bond donors (Lipinski definition) is 1. The highest BCUT2D eigenvalue weighted by Crippen LogP contribution is 2.28. The Bertz CT molecular complexity index is 537. The molecule has 120 valence electrons. The van der Waals surface area contributed by atoms with Crippen molar-refractivity contribution in [2.75, 3.05) is 26.2 Å². The molecule has 1 aliphatic carbocycles. The van der Waals surface area contributed by atoms with Crippen LogP contribution in [0.5, 0.6) is 0 Å². The van der Waals surface area contributed by atoms with Crippen LogP contribution in [0.1, 0.15) is 33.1 Å². The predicted molar refractivity (Wildman–Crippen MR) is 82.5 cm³/mol. The summed E-state index contributed by atoms with van der Waals surface area (Å²) in [6, 6.07) is 0. The lowest BCUT2D eigenvalue weighted by Gasteiger charge is -2.30. The first-order chi connectivity index (χ1) is 10.1. The van der Waals surface area contributed by atoms with Gasteiger partial charge in [-0.3, -0.25) is 4.68 Å². The molecule has 1 saturated carbocycles. The molecule has 7 heteroatoms. The van der Waals surface area contributed by atoms with Gasteiger partial charge in [-0.2, -0.15) is 9.40 Å². The van der Waals surface area contributed by atoms with Crippen molar-refractivity contribution in [3.8, 4) is 0 Å². The molecule has 0 unspecified atom stereocenters. The van der Waals surface area contributed by atoms with Crippen LogP contribution in [0.2, 0.25) is 0 Å². The minimum Gasteiger partial charge on any atom is -0.315 e. The van der Waals surface area contributed by atoms with E-state index in [0.717, 1.165) is 25.9 Å². The molecular weight excluding hydrogens is 288 g/mol. The first-order valence-electron chi connectivity index (χ1n) is 7.81. The number of rotatable bonds is 9. The molecular formula is C14H26N4O2S. The number of nitrogens with zero attached hydrogens (tertiary/aromatic N) is 3. The van der Waals surface area contributed by atoms with Gasteiger partial charge < -0.3 is 5.32 Å². The monoisotopic (exact) mass is 314 g/mol. The summed E-state index contributed by atoms with van der Waals surface area (Å²) in [4.78, 5) is 0.306. The number of hydrogen-bond acceptors (Lipinski definition) is 4. The van der Waals surface area contributed by atoms with Crippen molar-refractivity contribution in [2.45, 2.75) is 44.6 Å². The Morgan fingerprint density at radius 2 is 2.19 bits per heavy atom. The van der Waals surface area contributed by atoms with E-state index in [-0.39, 0.29) is 0 Å². The number of nitrogens with one attached hydrogen (secondary N) is 1. The molecule has 1 aliphatic rings. The highest BCUT2D eigenvalue weighted by Gasteiger charge is 2.29. The molecule has 0 spiro atoms. The van der Waals surface area contributed by atoms with Gasteiger partial charge in [0.05, 0.1) is 12.7 Å². The normalized spacial score (nSPS) is 16.3.